The van der Waals surface area contributed by atoms with Crippen molar-refractivity contribution < 1.29 is 19.4 Å². The number of aliphatic carboxylic acids is 1. The van der Waals surface area contributed by atoms with Crippen LogP contribution in [-0.4, -0.2) is 36.0 Å². The van der Waals surface area contributed by atoms with E-state index in [0.29, 0.717) is 25.1 Å². The standard InChI is InChI=1S/C13H15NO4/c15-12(9-18-10-5-2-1-3-6-10)14-8-4-7-11(14)13(16)17/h1-3,5-6,11H,4,7-9H2,(H,16,17)/p-1/t11-/m1/s1. The van der Waals surface area contributed by atoms with Gasteiger partial charge in [0.25, 0.3) is 5.91 Å². The molecule has 1 aliphatic heterocycles. The number of carbonyl (C=O) groups is 2. The average Bonchev–Trinajstić information content (AvgIpc) is 2.86. The van der Waals surface area contributed by atoms with E-state index in [1.165, 1.54) is 4.90 Å². The molecule has 5 nitrogen and oxygen atoms in total. The van der Waals surface area contributed by atoms with Crippen LogP contribution in [0, 0.1) is 0 Å². The van der Waals surface area contributed by atoms with Gasteiger partial charge in [-0.3, -0.25) is 4.79 Å². The summed E-state index contributed by atoms with van der Waals surface area (Å²) in [6.45, 7) is 0.309. The second-order valence-corrected chi connectivity index (χ2v) is 4.17. The molecule has 1 fully saturated rings. The van der Waals surface area contributed by atoms with E-state index in [-0.39, 0.29) is 12.5 Å². The van der Waals surface area contributed by atoms with Crippen molar-refractivity contribution in [2.75, 3.05) is 13.2 Å². The highest BCUT2D eigenvalue weighted by atomic mass is 16.5. The number of likely N-dealkylation sites (tertiary alicyclic amines) is 1. The Morgan fingerprint density at radius 1 is 1.33 bits per heavy atom. The third-order valence-electron chi connectivity index (χ3n) is 2.95. The van der Waals surface area contributed by atoms with Crippen molar-refractivity contribution >= 4 is 11.9 Å². The number of carboxylic acid groups (broad SMARTS) is 1. The molecule has 2 rings (SSSR count). The first-order chi connectivity index (χ1) is 8.68. The second kappa shape index (κ2) is 5.53. The quantitative estimate of drug-likeness (QED) is 0.740. The van der Waals surface area contributed by atoms with Gasteiger partial charge in [0, 0.05) is 6.54 Å². The molecule has 0 radical (unpaired) electrons. The Labute approximate surface area is 105 Å². The molecule has 0 aliphatic carbocycles. The van der Waals surface area contributed by atoms with E-state index in [1.807, 2.05) is 6.07 Å². The molecule has 1 amide bonds. The lowest BCUT2D eigenvalue weighted by Crippen LogP contribution is -2.48. The van der Waals surface area contributed by atoms with Gasteiger partial charge in [0.15, 0.2) is 6.61 Å². The fourth-order valence-electron chi connectivity index (χ4n) is 2.05. The molecule has 1 saturated heterocycles. The summed E-state index contributed by atoms with van der Waals surface area (Å²) >= 11 is 0. The first-order valence-electron chi connectivity index (χ1n) is 5.86. The van der Waals surface area contributed by atoms with Gasteiger partial charge in [0.1, 0.15) is 5.75 Å². The maximum absolute atomic E-state index is 11.8. The van der Waals surface area contributed by atoms with Gasteiger partial charge in [0.05, 0.1) is 12.0 Å². The zero-order chi connectivity index (χ0) is 13.0. The lowest BCUT2D eigenvalue weighted by atomic mass is 10.2. The summed E-state index contributed by atoms with van der Waals surface area (Å²) in [5.74, 6) is -0.916. The molecule has 0 saturated carbocycles. The third kappa shape index (κ3) is 2.80. The van der Waals surface area contributed by atoms with Gasteiger partial charge in [0.2, 0.25) is 0 Å². The van der Waals surface area contributed by atoms with E-state index in [1.54, 1.807) is 24.3 Å². The fourth-order valence-corrected chi connectivity index (χ4v) is 2.05. The van der Waals surface area contributed by atoms with Gasteiger partial charge in [-0.2, -0.15) is 0 Å². The molecule has 0 bridgehead atoms. The van der Waals surface area contributed by atoms with Crippen LogP contribution >= 0.6 is 0 Å². The SMILES string of the molecule is O=C([O-])[C@H]1CCCN1C(=O)COc1ccccc1. The zero-order valence-corrected chi connectivity index (χ0v) is 9.87. The smallest absolute Gasteiger partial charge is 0.261 e. The van der Waals surface area contributed by atoms with Crippen LogP contribution in [0.1, 0.15) is 12.8 Å². The van der Waals surface area contributed by atoms with E-state index in [4.69, 9.17) is 4.74 Å². The minimum atomic E-state index is -1.19. The summed E-state index contributed by atoms with van der Waals surface area (Å²) in [5, 5.41) is 10.8. The van der Waals surface area contributed by atoms with E-state index in [9.17, 15) is 14.7 Å². The lowest BCUT2D eigenvalue weighted by molar-refractivity contribution is -0.310. The molecule has 96 valence electrons. The molecule has 0 spiro atoms. The van der Waals surface area contributed by atoms with Crippen LogP contribution in [0.25, 0.3) is 0 Å². The van der Waals surface area contributed by atoms with E-state index in [2.05, 4.69) is 0 Å². The van der Waals surface area contributed by atoms with Crippen molar-refractivity contribution in [3.05, 3.63) is 30.3 Å². The average molecular weight is 248 g/mol. The number of carbonyl (C=O) groups excluding carboxylic acids is 2. The predicted molar refractivity (Wildman–Crippen MR) is 61.7 cm³/mol. The van der Waals surface area contributed by atoms with E-state index < -0.39 is 12.0 Å². The topological polar surface area (TPSA) is 69.7 Å². The van der Waals surface area contributed by atoms with Gasteiger partial charge >= 0.3 is 0 Å². The highest BCUT2D eigenvalue weighted by Crippen LogP contribution is 2.17. The molecule has 1 aromatic carbocycles. The van der Waals surface area contributed by atoms with Gasteiger partial charge in [-0.25, -0.2) is 0 Å². The van der Waals surface area contributed by atoms with Crippen molar-refractivity contribution in [1.82, 2.24) is 4.90 Å². The summed E-state index contributed by atoms with van der Waals surface area (Å²) in [6, 6.07) is 8.14. The highest BCUT2D eigenvalue weighted by molar-refractivity contribution is 5.84. The number of benzene rings is 1. The third-order valence-corrected chi connectivity index (χ3v) is 2.95. The van der Waals surface area contributed by atoms with Crippen LogP contribution in [-0.2, 0) is 9.59 Å². The Morgan fingerprint density at radius 3 is 2.72 bits per heavy atom. The number of hydrogen-bond acceptors (Lipinski definition) is 4. The summed E-state index contributed by atoms with van der Waals surface area (Å²) < 4.78 is 5.30. The second-order valence-electron chi connectivity index (χ2n) is 4.17. The summed E-state index contributed by atoms with van der Waals surface area (Å²) in [6.07, 6.45) is 1.15. The molecule has 1 aromatic rings. The number of hydrogen-bond donors (Lipinski definition) is 0. The van der Waals surface area contributed by atoms with E-state index in [0.717, 1.165) is 0 Å². The number of rotatable bonds is 4. The van der Waals surface area contributed by atoms with Gasteiger partial charge in [-0.05, 0) is 25.0 Å². The van der Waals surface area contributed by atoms with Crippen molar-refractivity contribution in [2.45, 2.75) is 18.9 Å². The molecule has 0 unspecified atom stereocenters. The fraction of sp³-hybridized carbons (Fsp3) is 0.385. The molecule has 1 atom stereocenters. The van der Waals surface area contributed by atoms with Gasteiger partial charge in [-0.1, -0.05) is 18.2 Å². The largest absolute Gasteiger partial charge is 0.548 e. The van der Waals surface area contributed by atoms with Crippen LogP contribution < -0.4 is 9.84 Å². The van der Waals surface area contributed by atoms with E-state index >= 15 is 0 Å². The first-order valence-corrected chi connectivity index (χ1v) is 5.86. The predicted octanol–water partition coefficient (Wildman–Crippen LogP) is -0.194. The summed E-state index contributed by atoms with van der Waals surface area (Å²) in [5.41, 5.74) is 0. The van der Waals surface area contributed by atoms with Gasteiger partial charge in [-0.15, -0.1) is 0 Å². The van der Waals surface area contributed by atoms with Crippen molar-refractivity contribution in [2.24, 2.45) is 0 Å². The number of carboxylic acids is 1. The Morgan fingerprint density at radius 2 is 2.06 bits per heavy atom. The zero-order valence-electron chi connectivity index (χ0n) is 9.87. The Balaban J connectivity index is 1.90. The minimum Gasteiger partial charge on any atom is -0.548 e. The first kappa shape index (κ1) is 12.4. The minimum absolute atomic E-state index is 0.145. The molecular weight excluding hydrogens is 234 g/mol. The maximum atomic E-state index is 11.8. The van der Waals surface area contributed by atoms with Crippen LogP contribution in [0.4, 0.5) is 0 Å². The maximum Gasteiger partial charge on any atom is 0.261 e. The summed E-state index contributed by atoms with van der Waals surface area (Å²) in [7, 11) is 0. The molecular formula is C13H14NO4-. The monoisotopic (exact) mass is 248 g/mol. The van der Waals surface area contributed by atoms with Gasteiger partial charge < -0.3 is 19.5 Å². The summed E-state index contributed by atoms with van der Waals surface area (Å²) in [4.78, 5) is 24.0. The number of nitrogens with zero attached hydrogens (tertiary/aromatic N) is 1. The molecule has 0 aromatic heterocycles. The highest BCUT2D eigenvalue weighted by Gasteiger charge is 2.29. The van der Waals surface area contributed by atoms with Crippen LogP contribution in [0.15, 0.2) is 30.3 Å². The number of amides is 1. The van der Waals surface area contributed by atoms with Crippen LogP contribution in [0.3, 0.4) is 0 Å². The molecule has 18 heavy (non-hydrogen) atoms. The molecule has 1 heterocycles. The number of ether oxygens (including phenoxy) is 1. The normalized spacial score (nSPS) is 18.7. The van der Waals surface area contributed by atoms with Crippen molar-refractivity contribution in [1.29, 1.82) is 0 Å². The lowest BCUT2D eigenvalue weighted by Gasteiger charge is -2.25. The number of para-hydroxylation sites is 1. The molecule has 5 heteroatoms. The molecule has 1 aliphatic rings. The molecule has 0 N–H and O–H groups in total. The van der Waals surface area contributed by atoms with Crippen molar-refractivity contribution in [3.8, 4) is 5.75 Å². The van der Waals surface area contributed by atoms with Crippen LogP contribution in [0.2, 0.25) is 0 Å². The van der Waals surface area contributed by atoms with Crippen LogP contribution in [0.5, 0.6) is 5.75 Å². The Hall–Kier alpha value is -2.04. The van der Waals surface area contributed by atoms with Crippen molar-refractivity contribution in [3.63, 3.8) is 0 Å². The Kier molecular flexibility index (Phi) is 3.82. The Bertz CT molecular complexity index is 432.